The maximum Gasteiger partial charge on any atom is 0.234 e. The summed E-state index contributed by atoms with van der Waals surface area (Å²) in [7, 11) is 0. The number of nitrogens with zero attached hydrogens (tertiary/aromatic N) is 1. The number of nitrogens with one attached hydrogen (secondary N) is 1. The molecule has 0 bridgehead atoms. The number of likely N-dealkylation sites (tertiary alicyclic amines) is 1. The van der Waals surface area contributed by atoms with E-state index in [-0.39, 0.29) is 5.91 Å². The fourth-order valence-corrected chi connectivity index (χ4v) is 1.76. The first-order chi connectivity index (χ1) is 6.83. The van der Waals surface area contributed by atoms with Crippen LogP contribution in [-0.2, 0) is 4.79 Å². The number of amides is 1. The van der Waals surface area contributed by atoms with E-state index >= 15 is 0 Å². The molecular formula is C10H21N3O. The van der Waals surface area contributed by atoms with Crippen molar-refractivity contribution < 1.29 is 4.79 Å². The van der Waals surface area contributed by atoms with Gasteiger partial charge in [0.1, 0.15) is 0 Å². The van der Waals surface area contributed by atoms with Gasteiger partial charge in [-0.1, -0.05) is 12.8 Å². The maximum absolute atomic E-state index is 11.4. The lowest BCUT2D eigenvalue weighted by Crippen LogP contribution is -2.39. The average molecular weight is 199 g/mol. The summed E-state index contributed by atoms with van der Waals surface area (Å²) in [5.41, 5.74) is 5.31. The molecule has 0 aliphatic carbocycles. The van der Waals surface area contributed by atoms with Crippen molar-refractivity contribution in [2.75, 3.05) is 32.7 Å². The van der Waals surface area contributed by atoms with E-state index in [0.29, 0.717) is 19.6 Å². The molecule has 0 aromatic rings. The minimum Gasteiger partial charge on any atom is -0.354 e. The molecule has 82 valence electrons. The number of carbonyl (C=O) groups is 1. The van der Waals surface area contributed by atoms with Crippen LogP contribution in [0.5, 0.6) is 0 Å². The summed E-state index contributed by atoms with van der Waals surface area (Å²) >= 11 is 0. The zero-order valence-corrected chi connectivity index (χ0v) is 8.80. The van der Waals surface area contributed by atoms with E-state index in [1.165, 1.54) is 25.7 Å². The van der Waals surface area contributed by atoms with Gasteiger partial charge in [0.05, 0.1) is 6.54 Å². The second-order valence-corrected chi connectivity index (χ2v) is 3.83. The minimum atomic E-state index is 0.109. The van der Waals surface area contributed by atoms with Crippen molar-refractivity contribution >= 4 is 5.91 Å². The summed E-state index contributed by atoms with van der Waals surface area (Å²) in [6.07, 6.45) is 5.07. The normalized spacial score (nSPS) is 18.9. The Morgan fingerprint density at radius 1 is 1.21 bits per heavy atom. The highest BCUT2D eigenvalue weighted by Crippen LogP contribution is 2.08. The average Bonchev–Trinajstić information content (AvgIpc) is 2.43. The number of carbonyl (C=O) groups excluding carboxylic acids is 1. The van der Waals surface area contributed by atoms with Crippen LogP contribution in [0.1, 0.15) is 25.7 Å². The van der Waals surface area contributed by atoms with Crippen LogP contribution in [0.4, 0.5) is 0 Å². The maximum atomic E-state index is 11.4. The topological polar surface area (TPSA) is 58.4 Å². The largest absolute Gasteiger partial charge is 0.354 e. The minimum absolute atomic E-state index is 0.109. The van der Waals surface area contributed by atoms with Crippen LogP contribution in [0.25, 0.3) is 0 Å². The molecule has 0 radical (unpaired) electrons. The van der Waals surface area contributed by atoms with Crippen molar-refractivity contribution in [2.24, 2.45) is 5.73 Å². The Labute approximate surface area is 85.8 Å². The fourth-order valence-electron chi connectivity index (χ4n) is 1.76. The van der Waals surface area contributed by atoms with Crippen molar-refractivity contribution in [2.45, 2.75) is 25.7 Å². The van der Waals surface area contributed by atoms with Gasteiger partial charge in [0.2, 0.25) is 5.91 Å². The molecule has 1 saturated heterocycles. The molecule has 14 heavy (non-hydrogen) atoms. The monoisotopic (exact) mass is 199 g/mol. The molecule has 0 aromatic heterocycles. The highest BCUT2D eigenvalue weighted by atomic mass is 16.2. The first-order valence-corrected chi connectivity index (χ1v) is 5.52. The fraction of sp³-hybridized carbons (Fsp3) is 0.900. The molecule has 0 saturated carbocycles. The first-order valence-electron chi connectivity index (χ1n) is 5.52. The Balaban J connectivity index is 2.17. The smallest absolute Gasteiger partial charge is 0.234 e. The summed E-state index contributed by atoms with van der Waals surface area (Å²) < 4.78 is 0. The molecule has 3 N–H and O–H groups in total. The van der Waals surface area contributed by atoms with Gasteiger partial charge in [-0.05, 0) is 25.9 Å². The molecular weight excluding hydrogens is 178 g/mol. The van der Waals surface area contributed by atoms with E-state index in [2.05, 4.69) is 10.2 Å². The lowest BCUT2D eigenvalue weighted by Gasteiger charge is -2.18. The summed E-state index contributed by atoms with van der Waals surface area (Å²) in [6, 6.07) is 0. The van der Waals surface area contributed by atoms with Crippen LogP contribution in [-0.4, -0.2) is 43.5 Å². The molecule has 1 heterocycles. The molecule has 0 atom stereocenters. The number of hydrogen-bond acceptors (Lipinski definition) is 3. The number of nitrogens with two attached hydrogens (primary N) is 1. The van der Waals surface area contributed by atoms with Gasteiger partial charge in [-0.15, -0.1) is 0 Å². The molecule has 4 heteroatoms. The van der Waals surface area contributed by atoms with Crippen LogP contribution in [0, 0.1) is 0 Å². The van der Waals surface area contributed by atoms with Crippen LogP contribution >= 0.6 is 0 Å². The van der Waals surface area contributed by atoms with Crippen LogP contribution in [0.3, 0.4) is 0 Å². The summed E-state index contributed by atoms with van der Waals surface area (Å²) in [5.74, 6) is 0.109. The van der Waals surface area contributed by atoms with Gasteiger partial charge in [0, 0.05) is 13.1 Å². The molecule has 1 aliphatic heterocycles. The van der Waals surface area contributed by atoms with Gasteiger partial charge < -0.3 is 11.1 Å². The highest BCUT2D eigenvalue weighted by molar-refractivity contribution is 5.77. The van der Waals surface area contributed by atoms with Crippen molar-refractivity contribution in [1.82, 2.24) is 10.2 Å². The van der Waals surface area contributed by atoms with Crippen molar-refractivity contribution in [3.8, 4) is 0 Å². The van der Waals surface area contributed by atoms with Gasteiger partial charge in [0.25, 0.3) is 0 Å². The van der Waals surface area contributed by atoms with E-state index in [0.717, 1.165) is 13.1 Å². The van der Waals surface area contributed by atoms with Crippen molar-refractivity contribution in [3.63, 3.8) is 0 Å². The lowest BCUT2D eigenvalue weighted by molar-refractivity contribution is -0.122. The molecule has 0 spiro atoms. The van der Waals surface area contributed by atoms with E-state index in [1.54, 1.807) is 0 Å². The standard InChI is InChI=1S/C10H21N3O/c11-5-6-12-10(14)9-13-7-3-1-2-4-8-13/h1-9,11H2,(H,12,14). The van der Waals surface area contributed by atoms with E-state index in [4.69, 9.17) is 5.73 Å². The van der Waals surface area contributed by atoms with E-state index < -0.39 is 0 Å². The predicted molar refractivity (Wildman–Crippen MR) is 57.0 cm³/mol. The van der Waals surface area contributed by atoms with Crippen LogP contribution in [0.2, 0.25) is 0 Å². The summed E-state index contributed by atoms with van der Waals surface area (Å²) in [4.78, 5) is 13.6. The van der Waals surface area contributed by atoms with Gasteiger partial charge in [-0.3, -0.25) is 9.69 Å². The molecule has 1 amide bonds. The van der Waals surface area contributed by atoms with E-state index in [9.17, 15) is 4.79 Å². The Hall–Kier alpha value is -0.610. The van der Waals surface area contributed by atoms with Gasteiger partial charge in [-0.2, -0.15) is 0 Å². The first kappa shape index (κ1) is 11.5. The molecule has 0 unspecified atom stereocenters. The molecule has 1 aliphatic rings. The Bertz CT molecular complexity index is 165. The lowest BCUT2D eigenvalue weighted by atomic mass is 10.2. The summed E-state index contributed by atoms with van der Waals surface area (Å²) in [6.45, 7) is 3.78. The zero-order chi connectivity index (χ0) is 10.2. The molecule has 4 nitrogen and oxygen atoms in total. The third-order valence-electron chi connectivity index (χ3n) is 2.53. The second kappa shape index (κ2) is 6.79. The van der Waals surface area contributed by atoms with Crippen molar-refractivity contribution in [3.05, 3.63) is 0 Å². The van der Waals surface area contributed by atoms with Gasteiger partial charge >= 0.3 is 0 Å². The highest BCUT2D eigenvalue weighted by Gasteiger charge is 2.11. The van der Waals surface area contributed by atoms with E-state index in [1.807, 2.05) is 0 Å². The van der Waals surface area contributed by atoms with Crippen LogP contribution < -0.4 is 11.1 Å². The SMILES string of the molecule is NCCNC(=O)CN1CCCCCC1. The second-order valence-electron chi connectivity index (χ2n) is 3.83. The number of hydrogen-bond donors (Lipinski definition) is 2. The Morgan fingerprint density at radius 2 is 1.86 bits per heavy atom. The van der Waals surface area contributed by atoms with Gasteiger partial charge in [-0.25, -0.2) is 0 Å². The zero-order valence-electron chi connectivity index (χ0n) is 8.80. The third-order valence-corrected chi connectivity index (χ3v) is 2.53. The van der Waals surface area contributed by atoms with Crippen LogP contribution in [0.15, 0.2) is 0 Å². The Kier molecular flexibility index (Phi) is 5.56. The molecule has 1 rings (SSSR count). The molecule has 0 aromatic carbocycles. The predicted octanol–water partition coefficient (Wildman–Crippen LogP) is -0.0627. The third kappa shape index (κ3) is 4.58. The number of rotatable bonds is 4. The Morgan fingerprint density at radius 3 is 2.43 bits per heavy atom. The summed E-state index contributed by atoms with van der Waals surface area (Å²) in [5, 5.41) is 2.79. The quantitative estimate of drug-likeness (QED) is 0.667. The van der Waals surface area contributed by atoms with Gasteiger partial charge in [0.15, 0.2) is 0 Å². The van der Waals surface area contributed by atoms with Crippen molar-refractivity contribution in [1.29, 1.82) is 0 Å². The molecule has 1 fully saturated rings.